The van der Waals surface area contributed by atoms with Crippen molar-refractivity contribution in [3.8, 4) is 5.75 Å². The van der Waals surface area contributed by atoms with E-state index in [1.54, 1.807) is 25.4 Å². The summed E-state index contributed by atoms with van der Waals surface area (Å²) in [4.78, 5) is 16.6. The molecule has 5 heteroatoms. The molecule has 0 atom stereocenters. The van der Waals surface area contributed by atoms with Crippen LogP contribution in [0.15, 0.2) is 54.2 Å². The van der Waals surface area contributed by atoms with Crippen LogP contribution in [0.5, 0.6) is 5.75 Å². The minimum atomic E-state index is -0.0854. The van der Waals surface area contributed by atoms with Gasteiger partial charge in [-0.3, -0.25) is 4.79 Å². The van der Waals surface area contributed by atoms with E-state index in [4.69, 9.17) is 4.74 Å². The van der Waals surface area contributed by atoms with Gasteiger partial charge in [0.05, 0.1) is 18.4 Å². The van der Waals surface area contributed by atoms with Crippen LogP contribution in [0, 0.1) is 0 Å². The number of rotatable bonds is 7. The molecule has 0 radical (unpaired) electrons. The Morgan fingerprint density at radius 3 is 2.81 bits per heavy atom. The second kappa shape index (κ2) is 9.04. The topological polar surface area (TPSA) is 63.2 Å². The molecule has 3 rings (SSSR count). The number of ether oxygens (including phenoxy) is 1. The third-order valence-electron chi connectivity index (χ3n) is 4.51. The van der Waals surface area contributed by atoms with Gasteiger partial charge in [0.25, 0.3) is 5.91 Å². The first-order chi connectivity index (χ1) is 12.8. The van der Waals surface area contributed by atoms with Crippen LogP contribution in [-0.4, -0.2) is 24.5 Å². The Hall–Kier alpha value is -2.82. The number of methoxy groups -OCH3 is 1. The molecule has 2 N–H and O–H groups in total. The fourth-order valence-electron chi connectivity index (χ4n) is 3.06. The number of nitrogens with zero attached hydrogens (tertiary/aromatic N) is 1. The first-order valence-electron chi connectivity index (χ1n) is 9.08. The van der Waals surface area contributed by atoms with Gasteiger partial charge in [0.2, 0.25) is 0 Å². The van der Waals surface area contributed by atoms with Crippen LogP contribution in [0.3, 0.4) is 0 Å². The van der Waals surface area contributed by atoms with Crippen molar-refractivity contribution >= 4 is 17.4 Å². The Bertz CT molecular complexity index is 769. The van der Waals surface area contributed by atoms with Crippen LogP contribution in [0.4, 0.5) is 11.5 Å². The number of carbonyl (C=O) groups is 1. The maximum atomic E-state index is 12.2. The van der Waals surface area contributed by atoms with Crippen LogP contribution in [0.1, 0.15) is 42.5 Å². The fourth-order valence-corrected chi connectivity index (χ4v) is 3.06. The van der Waals surface area contributed by atoms with Crippen molar-refractivity contribution in [3.63, 3.8) is 0 Å². The number of aromatic nitrogens is 1. The first-order valence-corrected chi connectivity index (χ1v) is 9.08. The zero-order chi connectivity index (χ0) is 18.2. The number of nitrogens with one attached hydrogen (secondary N) is 2. The van der Waals surface area contributed by atoms with Crippen molar-refractivity contribution in [3.05, 3.63) is 59.8 Å². The van der Waals surface area contributed by atoms with Gasteiger partial charge in [0.1, 0.15) is 11.6 Å². The van der Waals surface area contributed by atoms with Crippen LogP contribution in [0.2, 0.25) is 0 Å². The summed E-state index contributed by atoms with van der Waals surface area (Å²) in [7, 11) is 1.63. The van der Waals surface area contributed by atoms with Gasteiger partial charge in [-0.15, -0.1) is 0 Å². The number of hydrogen-bond acceptors (Lipinski definition) is 4. The summed E-state index contributed by atoms with van der Waals surface area (Å²) in [6, 6.07) is 11.2. The van der Waals surface area contributed by atoms with Gasteiger partial charge in [-0.25, -0.2) is 4.98 Å². The number of pyridine rings is 1. The molecule has 0 spiro atoms. The van der Waals surface area contributed by atoms with E-state index in [1.807, 2.05) is 24.3 Å². The standard InChI is InChI=1S/C21H25N3O2/c1-26-19-10-6-5-9-18(19)24-20-12-11-17(15-23-20)21(25)22-14-13-16-7-3-2-4-8-16/h5-7,9-12,15H,2-4,8,13-14H2,1H3,(H,22,25)(H,23,24). The van der Waals surface area contributed by atoms with Gasteiger partial charge in [-0.05, 0) is 56.4 Å². The number of benzene rings is 1. The lowest BCUT2D eigenvalue weighted by Gasteiger charge is -2.13. The predicted molar refractivity (Wildman–Crippen MR) is 104 cm³/mol. The van der Waals surface area contributed by atoms with Crippen LogP contribution < -0.4 is 15.4 Å². The molecule has 1 aliphatic carbocycles. The lowest BCUT2D eigenvalue weighted by atomic mass is 9.97. The number of anilines is 2. The molecule has 0 saturated heterocycles. The lowest BCUT2D eigenvalue weighted by molar-refractivity contribution is 0.0953. The molecule has 2 aromatic rings. The second-order valence-corrected chi connectivity index (χ2v) is 6.37. The van der Waals surface area contributed by atoms with Gasteiger partial charge < -0.3 is 15.4 Å². The van der Waals surface area contributed by atoms with Crippen molar-refractivity contribution in [2.75, 3.05) is 19.0 Å². The second-order valence-electron chi connectivity index (χ2n) is 6.37. The van der Waals surface area contributed by atoms with E-state index in [0.29, 0.717) is 17.9 Å². The quantitative estimate of drug-likeness (QED) is 0.723. The Kier molecular flexibility index (Phi) is 6.25. The molecule has 0 unspecified atom stereocenters. The maximum Gasteiger partial charge on any atom is 0.252 e. The zero-order valence-electron chi connectivity index (χ0n) is 15.1. The number of hydrogen-bond donors (Lipinski definition) is 2. The van der Waals surface area contributed by atoms with Crippen LogP contribution in [0.25, 0.3) is 0 Å². The smallest absolute Gasteiger partial charge is 0.252 e. The Labute approximate surface area is 154 Å². The molecule has 1 heterocycles. The van der Waals surface area contributed by atoms with Gasteiger partial charge >= 0.3 is 0 Å². The van der Waals surface area contributed by atoms with E-state index in [9.17, 15) is 4.79 Å². The van der Waals surface area contributed by atoms with Crippen molar-refractivity contribution in [1.82, 2.24) is 10.3 Å². The largest absolute Gasteiger partial charge is 0.495 e. The Morgan fingerprint density at radius 1 is 1.19 bits per heavy atom. The summed E-state index contributed by atoms with van der Waals surface area (Å²) >= 11 is 0. The fraction of sp³-hybridized carbons (Fsp3) is 0.333. The van der Waals surface area contributed by atoms with Gasteiger partial charge in [-0.1, -0.05) is 23.8 Å². The van der Waals surface area contributed by atoms with E-state index in [1.165, 1.54) is 31.3 Å². The van der Waals surface area contributed by atoms with E-state index < -0.39 is 0 Å². The Balaban J connectivity index is 1.53. The summed E-state index contributed by atoms with van der Waals surface area (Å²) < 4.78 is 5.31. The summed E-state index contributed by atoms with van der Waals surface area (Å²) in [5, 5.41) is 6.17. The van der Waals surface area contributed by atoms with E-state index in [2.05, 4.69) is 21.7 Å². The molecule has 0 saturated carbocycles. The summed E-state index contributed by atoms with van der Waals surface area (Å²) in [6.07, 6.45) is 9.74. The van der Waals surface area contributed by atoms with Crippen molar-refractivity contribution in [2.24, 2.45) is 0 Å². The third kappa shape index (κ3) is 4.85. The SMILES string of the molecule is COc1ccccc1Nc1ccc(C(=O)NCCC2=CCCCC2)cn1. The van der Waals surface area contributed by atoms with Crippen molar-refractivity contribution in [2.45, 2.75) is 32.1 Å². The molecule has 1 aliphatic rings. The number of para-hydroxylation sites is 2. The average molecular weight is 351 g/mol. The normalized spacial score (nSPS) is 13.7. The van der Waals surface area contributed by atoms with Gasteiger partial charge in [-0.2, -0.15) is 0 Å². The van der Waals surface area contributed by atoms with E-state index in [0.717, 1.165) is 17.9 Å². The molecular weight excluding hydrogens is 326 g/mol. The molecule has 0 fully saturated rings. The third-order valence-corrected chi connectivity index (χ3v) is 4.51. The molecule has 0 bridgehead atoms. The molecule has 1 aromatic heterocycles. The zero-order valence-corrected chi connectivity index (χ0v) is 15.1. The highest BCUT2D eigenvalue weighted by Gasteiger charge is 2.08. The molecule has 26 heavy (non-hydrogen) atoms. The predicted octanol–water partition coefficient (Wildman–Crippen LogP) is 4.45. The molecule has 0 aliphatic heterocycles. The highest BCUT2D eigenvalue weighted by molar-refractivity contribution is 5.94. The highest BCUT2D eigenvalue weighted by atomic mass is 16.5. The number of allylic oxidation sites excluding steroid dienone is 1. The monoisotopic (exact) mass is 351 g/mol. The van der Waals surface area contributed by atoms with Crippen LogP contribution in [-0.2, 0) is 0 Å². The highest BCUT2D eigenvalue weighted by Crippen LogP contribution is 2.26. The molecular formula is C21H25N3O2. The lowest BCUT2D eigenvalue weighted by Crippen LogP contribution is -2.25. The minimum Gasteiger partial charge on any atom is -0.495 e. The van der Waals surface area contributed by atoms with Gasteiger partial charge in [0, 0.05) is 12.7 Å². The van der Waals surface area contributed by atoms with E-state index >= 15 is 0 Å². The Morgan fingerprint density at radius 2 is 2.08 bits per heavy atom. The molecule has 5 nitrogen and oxygen atoms in total. The summed E-state index contributed by atoms with van der Waals surface area (Å²) in [5.74, 6) is 1.32. The van der Waals surface area contributed by atoms with E-state index in [-0.39, 0.29) is 5.91 Å². The molecule has 1 amide bonds. The van der Waals surface area contributed by atoms with Gasteiger partial charge in [0.15, 0.2) is 0 Å². The van der Waals surface area contributed by atoms with Crippen LogP contribution >= 0.6 is 0 Å². The number of carbonyl (C=O) groups excluding carboxylic acids is 1. The van der Waals surface area contributed by atoms with Crippen molar-refractivity contribution in [1.29, 1.82) is 0 Å². The molecule has 1 aromatic carbocycles. The summed E-state index contributed by atoms with van der Waals surface area (Å²) in [6.45, 7) is 0.673. The van der Waals surface area contributed by atoms with Crippen molar-refractivity contribution < 1.29 is 9.53 Å². The molecule has 136 valence electrons. The summed E-state index contributed by atoms with van der Waals surface area (Å²) in [5.41, 5.74) is 2.86. The number of amides is 1. The maximum absolute atomic E-state index is 12.2. The first kappa shape index (κ1) is 18.0. The average Bonchev–Trinajstić information content (AvgIpc) is 2.70. The minimum absolute atomic E-state index is 0.0854.